The van der Waals surface area contributed by atoms with Gasteiger partial charge in [0.1, 0.15) is 5.75 Å². The number of rotatable bonds is 5. The Hall–Kier alpha value is -1.55. The van der Waals surface area contributed by atoms with Gasteiger partial charge in [-0.15, -0.1) is 0 Å². The van der Waals surface area contributed by atoms with Gasteiger partial charge in [-0.2, -0.15) is 0 Å². The molecule has 16 heavy (non-hydrogen) atoms. The number of carboxylic acids is 1. The van der Waals surface area contributed by atoms with Gasteiger partial charge < -0.3 is 14.9 Å². The molecule has 2 N–H and O–H groups in total. The van der Waals surface area contributed by atoms with Crippen LogP contribution in [0.1, 0.15) is 25.3 Å². The van der Waals surface area contributed by atoms with E-state index in [-0.39, 0.29) is 12.8 Å². The summed E-state index contributed by atoms with van der Waals surface area (Å²) in [5, 5.41) is 18.7. The molecule has 4 nitrogen and oxygen atoms in total. The van der Waals surface area contributed by atoms with Crippen LogP contribution in [0, 0.1) is 0 Å². The summed E-state index contributed by atoms with van der Waals surface area (Å²) in [4.78, 5) is 10.5. The first-order chi connectivity index (χ1) is 7.45. The molecule has 1 atom stereocenters. The second-order valence-corrected chi connectivity index (χ2v) is 3.90. The lowest BCUT2D eigenvalue weighted by Gasteiger charge is -2.23. The molecule has 4 heteroatoms. The standard InChI is InChI=1S/C12H16O4/c1-12(15,7-6-11(13)14)9-4-3-5-10(8-9)16-2/h3-5,8,15H,6-7H2,1-2H3,(H,13,14). The Bertz CT molecular complexity index is 371. The van der Waals surface area contributed by atoms with Crippen molar-refractivity contribution >= 4 is 5.97 Å². The molecular formula is C12H16O4. The molecule has 0 aliphatic heterocycles. The summed E-state index contributed by atoms with van der Waals surface area (Å²) in [5.41, 5.74) is -0.486. The highest BCUT2D eigenvalue weighted by molar-refractivity contribution is 5.66. The lowest BCUT2D eigenvalue weighted by atomic mass is 9.91. The fraction of sp³-hybridized carbons (Fsp3) is 0.417. The maximum Gasteiger partial charge on any atom is 0.303 e. The van der Waals surface area contributed by atoms with Gasteiger partial charge >= 0.3 is 5.97 Å². The Morgan fingerprint density at radius 2 is 2.19 bits per heavy atom. The van der Waals surface area contributed by atoms with E-state index in [1.54, 1.807) is 38.3 Å². The van der Waals surface area contributed by atoms with Gasteiger partial charge in [-0.05, 0) is 31.0 Å². The number of carboxylic acid groups (broad SMARTS) is 1. The van der Waals surface area contributed by atoms with Crippen molar-refractivity contribution in [3.05, 3.63) is 29.8 Å². The van der Waals surface area contributed by atoms with Crippen molar-refractivity contribution in [2.45, 2.75) is 25.4 Å². The lowest BCUT2D eigenvalue weighted by Crippen LogP contribution is -2.22. The van der Waals surface area contributed by atoms with Crippen LogP contribution in [0.4, 0.5) is 0 Å². The van der Waals surface area contributed by atoms with Gasteiger partial charge in [0.05, 0.1) is 12.7 Å². The molecule has 0 amide bonds. The van der Waals surface area contributed by atoms with Crippen molar-refractivity contribution in [1.82, 2.24) is 0 Å². The van der Waals surface area contributed by atoms with Crippen LogP contribution in [0.3, 0.4) is 0 Å². The van der Waals surface area contributed by atoms with Crippen LogP contribution in [0.25, 0.3) is 0 Å². The van der Waals surface area contributed by atoms with Crippen molar-refractivity contribution in [3.8, 4) is 5.75 Å². The van der Waals surface area contributed by atoms with Crippen LogP contribution in [-0.4, -0.2) is 23.3 Å². The summed E-state index contributed by atoms with van der Waals surface area (Å²) < 4.78 is 5.05. The monoisotopic (exact) mass is 224 g/mol. The minimum atomic E-state index is -1.15. The largest absolute Gasteiger partial charge is 0.497 e. The minimum Gasteiger partial charge on any atom is -0.497 e. The van der Waals surface area contributed by atoms with Crippen LogP contribution < -0.4 is 4.74 Å². The number of benzene rings is 1. The summed E-state index contributed by atoms with van der Waals surface area (Å²) in [5.74, 6) is -0.267. The van der Waals surface area contributed by atoms with Gasteiger partial charge in [0.25, 0.3) is 0 Å². The molecule has 0 aliphatic rings. The minimum absolute atomic E-state index is 0.0653. The van der Waals surface area contributed by atoms with Crippen LogP contribution in [0.5, 0.6) is 5.75 Å². The van der Waals surface area contributed by atoms with Gasteiger partial charge in [-0.25, -0.2) is 0 Å². The van der Waals surface area contributed by atoms with Crippen LogP contribution in [0.2, 0.25) is 0 Å². The number of hydrogen-bond acceptors (Lipinski definition) is 3. The lowest BCUT2D eigenvalue weighted by molar-refractivity contribution is -0.138. The molecule has 0 radical (unpaired) electrons. The van der Waals surface area contributed by atoms with Crippen molar-refractivity contribution < 1.29 is 19.7 Å². The predicted octanol–water partition coefficient (Wildman–Crippen LogP) is 1.77. The molecule has 88 valence electrons. The molecule has 1 unspecified atom stereocenters. The van der Waals surface area contributed by atoms with Crippen LogP contribution in [0.15, 0.2) is 24.3 Å². The van der Waals surface area contributed by atoms with E-state index in [1.807, 2.05) is 0 Å². The van der Waals surface area contributed by atoms with Crippen LogP contribution >= 0.6 is 0 Å². The molecular weight excluding hydrogens is 208 g/mol. The van der Waals surface area contributed by atoms with Gasteiger partial charge in [-0.3, -0.25) is 4.79 Å². The Morgan fingerprint density at radius 1 is 1.50 bits per heavy atom. The van der Waals surface area contributed by atoms with E-state index in [2.05, 4.69) is 0 Å². The smallest absolute Gasteiger partial charge is 0.303 e. The third kappa shape index (κ3) is 3.24. The molecule has 0 saturated heterocycles. The van der Waals surface area contributed by atoms with Crippen LogP contribution in [-0.2, 0) is 10.4 Å². The Labute approximate surface area is 94.5 Å². The topological polar surface area (TPSA) is 66.8 Å². The summed E-state index contributed by atoms with van der Waals surface area (Å²) in [7, 11) is 1.55. The number of carbonyl (C=O) groups is 1. The Morgan fingerprint density at radius 3 is 2.75 bits per heavy atom. The van der Waals surface area contributed by atoms with E-state index in [0.717, 1.165) is 0 Å². The molecule has 0 bridgehead atoms. The van der Waals surface area contributed by atoms with Crippen molar-refractivity contribution in [2.75, 3.05) is 7.11 Å². The highest BCUT2D eigenvalue weighted by atomic mass is 16.5. The van der Waals surface area contributed by atoms with Crippen molar-refractivity contribution in [1.29, 1.82) is 0 Å². The van der Waals surface area contributed by atoms with E-state index in [1.165, 1.54) is 0 Å². The number of methoxy groups -OCH3 is 1. The fourth-order valence-electron chi connectivity index (χ4n) is 1.45. The normalized spacial score (nSPS) is 14.2. The van der Waals surface area contributed by atoms with Gasteiger partial charge in [-0.1, -0.05) is 12.1 Å². The molecule has 0 aromatic heterocycles. The number of hydrogen-bond donors (Lipinski definition) is 2. The fourth-order valence-corrected chi connectivity index (χ4v) is 1.45. The average molecular weight is 224 g/mol. The van der Waals surface area contributed by atoms with Crippen molar-refractivity contribution in [2.24, 2.45) is 0 Å². The molecule has 0 aliphatic carbocycles. The first kappa shape index (κ1) is 12.5. The maximum absolute atomic E-state index is 10.5. The Kier molecular flexibility index (Phi) is 3.90. The summed E-state index contributed by atoms with van der Waals surface area (Å²) in [6.45, 7) is 1.60. The SMILES string of the molecule is COc1cccc(C(C)(O)CCC(=O)O)c1. The molecule has 0 heterocycles. The zero-order valence-electron chi connectivity index (χ0n) is 9.43. The highest BCUT2D eigenvalue weighted by Crippen LogP contribution is 2.28. The first-order valence-electron chi connectivity index (χ1n) is 5.04. The number of aliphatic carboxylic acids is 1. The predicted molar refractivity (Wildman–Crippen MR) is 59.4 cm³/mol. The number of ether oxygens (including phenoxy) is 1. The molecule has 0 spiro atoms. The van der Waals surface area contributed by atoms with Gasteiger partial charge in [0.15, 0.2) is 0 Å². The Balaban J connectivity index is 2.83. The highest BCUT2D eigenvalue weighted by Gasteiger charge is 2.24. The summed E-state index contributed by atoms with van der Waals surface area (Å²) in [6, 6.07) is 7.01. The van der Waals surface area contributed by atoms with Crippen molar-refractivity contribution in [3.63, 3.8) is 0 Å². The average Bonchev–Trinajstić information content (AvgIpc) is 2.27. The van der Waals surface area contributed by atoms with E-state index < -0.39 is 11.6 Å². The van der Waals surface area contributed by atoms with E-state index >= 15 is 0 Å². The molecule has 1 rings (SSSR count). The maximum atomic E-state index is 10.5. The second kappa shape index (κ2) is 4.99. The molecule has 0 saturated carbocycles. The molecule has 1 aromatic carbocycles. The summed E-state index contributed by atoms with van der Waals surface area (Å²) >= 11 is 0. The molecule has 0 fully saturated rings. The first-order valence-corrected chi connectivity index (χ1v) is 5.04. The third-order valence-electron chi connectivity index (χ3n) is 2.52. The quantitative estimate of drug-likeness (QED) is 0.799. The zero-order chi connectivity index (χ0) is 12.2. The van der Waals surface area contributed by atoms with E-state index in [4.69, 9.17) is 9.84 Å². The van der Waals surface area contributed by atoms with Gasteiger partial charge in [0, 0.05) is 6.42 Å². The van der Waals surface area contributed by atoms with E-state index in [0.29, 0.717) is 11.3 Å². The second-order valence-electron chi connectivity index (χ2n) is 3.90. The van der Waals surface area contributed by atoms with Gasteiger partial charge in [0.2, 0.25) is 0 Å². The zero-order valence-corrected chi connectivity index (χ0v) is 9.43. The third-order valence-corrected chi connectivity index (χ3v) is 2.52. The van der Waals surface area contributed by atoms with E-state index in [9.17, 15) is 9.90 Å². The molecule has 1 aromatic rings. The summed E-state index contributed by atoms with van der Waals surface area (Å²) in [6.07, 6.45) is 0.111. The number of aliphatic hydroxyl groups is 1.